The third kappa shape index (κ3) is 3.28. The highest BCUT2D eigenvalue weighted by atomic mass is 19.1. The van der Waals surface area contributed by atoms with Crippen molar-refractivity contribution in [2.24, 2.45) is 0 Å². The van der Waals surface area contributed by atoms with Crippen molar-refractivity contribution in [2.45, 2.75) is 13.0 Å². The lowest BCUT2D eigenvalue weighted by Crippen LogP contribution is -2.28. The minimum atomic E-state index is -0.395. The smallest absolute Gasteiger partial charge is 0.221 e. The zero-order valence-corrected chi connectivity index (χ0v) is 9.95. The largest absolute Gasteiger partial charge is 0.355 e. The molecule has 0 bridgehead atoms. The lowest BCUT2D eigenvalue weighted by Gasteiger charge is -2.19. The molecule has 1 aliphatic rings. The molecule has 94 valence electrons. The van der Waals surface area contributed by atoms with Crippen LogP contribution in [-0.4, -0.2) is 30.4 Å². The molecule has 1 aromatic rings. The minimum absolute atomic E-state index is 0.0504. The van der Waals surface area contributed by atoms with E-state index in [2.05, 4.69) is 10.2 Å². The Labute approximate surface area is 105 Å². The Hall–Kier alpha value is -1.93. The van der Waals surface area contributed by atoms with Gasteiger partial charge < -0.3 is 5.32 Å². The second-order valence-electron chi connectivity index (χ2n) is 4.34. The van der Waals surface area contributed by atoms with Crippen molar-refractivity contribution in [3.8, 4) is 6.07 Å². The van der Waals surface area contributed by atoms with Gasteiger partial charge in [-0.1, -0.05) is 0 Å². The normalized spacial score (nSPS) is 16.8. The highest BCUT2D eigenvalue weighted by molar-refractivity contribution is 5.76. The fraction of sp³-hybridized carbons (Fsp3) is 0.385. The van der Waals surface area contributed by atoms with Gasteiger partial charge in [0.1, 0.15) is 5.82 Å². The minimum Gasteiger partial charge on any atom is -0.355 e. The standard InChI is InChI=1S/C13H14FN3O/c14-12-6-10(8-15)5-11(7-12)9-17-3-1-13(18)16-2-4-17/h5-7H,1-4,9H2,(H,16,18). The summed E-state index contributed by atoms with van der Waals surface area (Å²) >= 11 is 0. The number of hydrogen-bond donors (Lipinski definition) is 1. The van der Waals surface area contributed by atoms with Crippen LogP contribution in [0.5, 0.6) is 0 Å². The molecule has 1 heterocycles. The van der Waals surface area contributed by atoms with Crippen LogP contribution in [0.4, 0.5) is 4.39 Å². The molecule has 0 atom stereocenters. The molecule has 18 heavy (non-hydrogen) atoms. The predicted octanol–water partition coefficient (Wildman–Crippen LogP) is 1.02. The van der Waals surface area contributed by atoms with E-state index in [1.807, 2.05) is 6.07 Å². The van der Waals surface area contributed by atoms with E-state index in [-0.39, 0.29) is 5.91 Å². The van der Waals surface area contributed by atoms with Crippen molar-refractivity contribution in [1.29, 1.82) is 5.26 Å². The van der Waals surface area contributed by atoms with Gasteiger partial charge in [0, 0.05) is 32.6 Å². The summed E-state index contributed by atoms with van der Waals surface area (Å²) in [5, 5.41) is 11.6. The van der Waals surface area contributed by atoms with Gasteiger partial charge in [-0.25, -0.2) is 4.39 Å². The summed E-state index contributed by atoms with van der Waals surface area (Å²) in [6.45, 7) is 2.56. The van der Waals surface area contributed by atoms with E-state index >= 15 is 0 Å². The Morgan fingerprint density at radius 1 is 1.39 bits per heavy atom. The van der Waals surface area contributed by atoms with Crippen LogP contribution in [0.2, 0.25) is 0 Å². The van der Waals surface area contributed by atoms with E-state index in [1.54, 1.807) is 6.07 Å². The first-order chi connectivity index (χ1) is 8.67. The van der Waals surface area contributed by atoms with Gasteiger partial charge in [0.25, 0.3) is 0 Å². The molecule has 0 aliphatic carbocycles. The van der Waals surface area contributed by atoms with E-state index in [4.69, 9.17) is 5.26 Å². The first kappa shape index (κ1) is 12.5. The maximum absolute atomic E-state index is 13.3. The van der Waals surface area contributed by atoms with E-state index in [9.17, 15) is 9.18 Å². The van der Waals surface area contributed by atoms with Crippen LogP contribution in [0.15, 0.2) is 18.2 Å². The summed E-state index contributed by atoms with van der Waals surface area (Å²) in [5.41, 5.74) is 1.09. The molecule has 0 saturated carbocycles. The number of carbonyl (C=O) groups is 1. The lowest BCUT2D eigenvalue weighted by atomic mass is 10.1. The van der Waals surface area contributed by atoms with Crippen LogP contribution in [0.3, 0.4) is 0 Å². The molecule has 0 radical (unpaired) electrons. The third-order valence-corrected chi connectivity index (χ3v) is 2.90. The second-order valence-corrected chi connectivity index (χ2v) is 4.34. The summed E-state index contributed by atoms with van der Waals surface area (Å²) in [4.78, 5) is 13.3. The first-order valence-electron chi connectivity index (χ1n) is 5.86. The zero-order chi connectivity index (χ0) is 13.0. The zero-order valence-electron chi connectivity index (χ0n) is 9.95. The molecule has 1 fully saturated rings. The topological polar surface area (TPSA) is 56.1 Å². The number of rotatable bonds is 2. The molecular formula is C13H14FN3O. The third-order valence-electron chi connectivity index (χ3n) is 2.90. The molecule has 0 spiro atoms. The average molecular weight is 247 g/mol. The van der Waals surface area contributed by atoms with Gasteiger partial charge in [0.15, 0.2) is 0 Å². The molecule has 1 amide bonds. The summed E-state index contributed by atoms with van der Waals surface area (Å²) in [5.74, 6) is -0.345. The maximum Gasteiger partial charge on any atom is 0.221 e. The average Bonchev–Trinajstić information content (AvgIpc) is 2.54. The first-order valence-corrected chi connectivity index (χ1v) is 5.86. The van der Waals surface area contributed by atoms with E-state index in [1.165, 1.54) is 12.1 Å². The van der Waals surface area contributed by atoms with Crippen molar-refractivity contribution in [3.05, 3.63) is 35.1 Å². The summed E-state index contributed by atoms with van der Waals surface area (Å²) in [6, 6.07) is 6.27. The predicted molar refractivity (Wildman–Crippen MR) is 64.0 cm³/mol. The number of carbonyl (C=O) groups excluding carboxylic acids is 1. The monoisotopic (exact) mass is 247 g/mol. The molecule has 0 unspecified atom stereocenters. The SMILES string of the molecule is N#Cc1cc(F)cc(CN2CCNC(=O)CC2)c1. The summed E-state index contributed by atoms with van der Waals surface area (Å²) in [7, 11) is 0. The van der Waals surface area contributed by atoms with E-state index in [0.29, 0.717) is 31.6 Å². The van der Waals surface area contributed by atoms with Crippen molar-refractivity contribution < 1.29 is 9.18 Å². The number of benzene rings is 1. The van der Waals surface area contributed by atoms with Gasteiger partial charge in [-0.3, -0.25) is 9.69 Å². The van der Waals surface area contributed by atoms with Crippen molar-refractivity contribution >= 4 is 5.91 Å². The van der Waals surface area contributed by atoms with Crippen LogP contribution in [0.1, 0.15) is 17.5 Å². The Morgan fingerprint density at radius 3 is 3.00 bits per heavy atom. The second kappa shape index (κ2) is 5.61. The Kier molecular flexibility index (Phi) is 3.90. The summed E-state index contributed by atoms with van der Waals surface area (Å²) in [6.07, 6.45) is 0.459. The van der Waals surface area contributed by atoms with Gasteiger partial charge in [0.05, 0.1) is 11.6 Å². The van der Waals surface area contributed by atoms with E-state index in [0.717, 1.165) is 12.1 Å². The fourth-order valence-electron chi connectivity index (χ4n) is 2.04. The maximum atomic E-state index is 13.3. The van der Waals surface area contributed by atoms with Gasteiger partial charge >= 0.3 is 0 Å². The molecular weight excluding hydrogens is 233 g/mol. The number of amides is 1. The molecule has 0 aromatic heterocycles. The molecule has 4 nitrogen and oxygen atoms in total. The number of nitrogens with zero attached hydrogens (tertiary/aromatic N) is 2. The molecule has 1 aliphatic heterocycles. The number of nitrogens with one attached hydrogen (secondary N) is 1. The fourth-order valence-corrected chi connectivity index (χ4v) is 2.04. The number of nitriles is 1. The van der Waals surface area contributed by atoms with Crippen molar-refractivity contribution in [3.63, 3.8) is 0 Å². The number of halogens is 1. The molecule has 1 N–H and O–H groups in total. The lowest BCUT2D eigenvalue weighted by molar-refractivity contribution is -0.120. The van der Waals surface area contributed by atoms with Gasteiger partial charge in [0.2, 0.25) is 5.91 Å². The quantitative estimate of drug-likeness (QED) is 0.849. The Bertz CT molecular complexity index is 495. The van der Waals surface area contributed by atoms with Crippen LogP contribution in [0.25, 0.3) is 0 Å². The van der Waals surface area contributed by atoms with Crippen molar-refractivity contribution in [2.75, 3.05) is 19.6 Å². The molecule has 1 saturated heterocycles. The van der Waals surface area contributed by atoms with Crippen LogP contribution in [0, 0.1) is 17.1 Å². The number of hydrogen-bond acceptors (Lipinski definition) is 3. The molecule has 1 aromatic carbocycles. The highest BCUT2D eigenvalue weighted by Crippen LogP contribution is 2.12. The van der Waals surface area contributed by atoms with Crippen LogP contribution in [-0.2, 0) is 11.3 Å². The van der Waals surface area contributed by atoms with Gasteiger partial charge in [-0.15, -0.1) is 0 Å². The molecule has 5 heteroatoms. The van der Waals surface area contributed by atoms with Crippen LogP contribution >= 0.6 is 0 Å². The molecule has 2 rings (SSSR count). The van der Waals surface area contributed by atoms with Gasteiger partial charge in [-0.05, 0) is 23.8 Å². The summed E-state index contributed by atoms with van der Waals surface area (Å²) < 4.78 is 13.3. The Balaban J connectivity index is 2.07. The highest BCUT2D eigenvalue weighted by Gasteiger charge is 2.14. The van der Waals surface area contributed by atoms with Crippen LogP contribution < -0.4 is 5.32 Å². The van der Waals surface area contributed by atoms with Crippen molar-refractivity contribution in [1.82, 2.24) is 10.2 Å². The van der Waals surface area contributed by atoms with E-state index < -0.39 is 5.82 Å². The Morgan fingerprint density at radius 2 is 2.22 bits per heavy atom. The van der Waals surface area contributed by atoms with Gasteiger partial charge in [-0.2, -0.15) is 5.26 Å².